The molecule has 0 fully saturated rings. The molecule has 0 heterocycles. The molecule has 1 unspecified atom stereocenters. The number of amides is 2. The van der Waals surface area contributed by atoms with E-state index in [1.165, 1.54) is 18.4 Å². The van der Waals surface area contributed by atoms with Crippen molar-refractivity contribution in [2.75, 3.05) is 13.7 Å². The molecule has 3 aromatic rings. The number of methoxy groups -OCH3 is 1. The van der Waals surface area contributed by atoms with Crippen LogP contribution in [0.4, 0.5) is 0 Å². The fraction of sp³-hybridized carbons (Fsp3) is 0.333. The lowest BCUT2D eigenvalue weighted by molar-refractivity contribution is -0.140. The Morgan fingerprint density at radius 2 is 1.55 bits per heavy atom. The summed E-state index contributed by atoms with van der Waals surface area (Å²) in [5.41, 5.74) is 4.33. The number of carbonyl (C=O) groups excluding carboxylic acids is 2. The van der Waals surface area contributed by atoms with E-state index in [4.69, 9.17) is 4.74 Å². The second-order valence-corrected chi connectivity index (χ2v) is 9.89. The van der Waals surface area contributed by atoms with Crippen LogP contribution in [0.15, 0.2) is 96.6 Å². The van der Waals surface area contributed by atoms with E-state index in [-0.39, 0.29) is 18.2 Å². The first-order valence-corrected chi connectivity index (χ1v) is 13.6. The fourth-order valence-corrected chi connectivity index (χ4v) is 4.95. The molecule has 38 heavy (non-hydrogen) atoms. The molecule has 1 aliphatic carbocycles. The lowest BCUT2D eigenvalue weighted by Crippen LogP contribution is -2.51. The Morgan fingerprint density at radius 1 is 0.868 bits per heavy atom. The zero-order valence-electron chi connectivity index (χ0n) is 22.3. The van der Waals surface area contributed by atoms with Gasteiger partial charge in [-0.05, 0) is 60.9 Å². The number of carbonyl (C=O) groups is 2. The van der Waals surface area contributed by atoms with Gasteiger partial charge in [-0.2, -0.15) is 0 Å². The molecule has 4 rings (SSSR count). The van der Waals surface area contributed by atoms with Gasteiger partial charge in [0.1, 0.15) is 11.8 Å². The Morgan fingerprint density at radius 3 is 2.18 bits per heavy atom. The van der Waals surface area contributed by atoms with Crippen molar-refractivity contribution in [2.45, 2.75) is 57.5 Å². The summed E-state index contributed by atoms with van der Waals surface area (Å²) in [6.07, 6.45) is 8.58. The SMILES string of the molecule is COc1ccc(CN(C(=O)Cc2ccccc2)C(Cc2ccccc2)C(=O)NCCC2=CCCCC2)cc1. The van der Waals surface area contributed by atoms with Gasteiger partial charge < -0.3 is 15.0 Å². The van der Waals surface area contributed by atoms with Crippen LogP contribution in [0.2, 0.25) is 0 Å². The number of rotatable bonds is 12. The van der Waals surface area contributed by atoms with Gasteiger partial charge in [-0.1, -0.05) is 84.4 Å². The highest BCUT2D eigenvalue weighted by Gasteiger charge is 2.30. The maximum absolute atomic E-state index is 13.8. The predicted molar refractivity (Wildman–Crippen MR) is 152 cm³/mol. The molecule has 0 aliphatic heterocycles. The van der Waals surface area contributed by atoms with Crippen molar-refractivity contribution in [3.63, 3.8) is 0 Å². The lowest BCUT2D eigenvalue weighted by Gasteiger charge is -2.32. The molecule has 198 valence electrons. The van der Waals surface area contributed by atoms with Crippen molar-refractivity contribution < 1.29 is 14.3 Å². The van der Waals surface area contributed by atoms with Gasteiger partial charge in [0.05, 0.1) is 13.5 Å². The molecule has 1 atom stereocenters. The normalized spacial score (nSPS) is 13.8. The highest BCUT2D eigenvalue weighted by Crippen LogP contribution is 2.21. The van der Waals surface area contributed by atoms with Gasteiger partial charge in [0.2, 0.25) is 11.8 Å². The molecule has 0 spiro atoms. The molecule has 3 aromatic carbocycles. The van der Waals surface area contributed by atoms with Crippen LogP contribution < -0.4 is 10.1 Å². The lowest BCUT2D eigenvalue weighted by atomic mass is 9.97. The average molecular weight is 511 g/mol. The topological polar surface area (TPSA) is 58.6 Å². The van der Waals surface area contributed by atoms with Crippen molar-refractivity contribution in [3.8, 4) is 5.75 Å². The van der Waals surface area contributed by atoms with Crippen molar-refractivity contribution in [2.24, 2.45) is 0 Å². The minimum atomic E-state index is -0.629. The Bertz CT molecular complexity index is 1190. The maximum atomic E-state index is 13.8. The van der Waals surface area contributed by atoms with Gasteiger partial charge in [-0.3, -0.25) is 9.59 Å². The van der Waals surface area contributed by atoms with E-state index in [9.17, 15) is 9.59 Å². The molecular weight excluding hydrogens is 472 g/mol. The molecule has 2 amide bonds. The molecule has 0 bridgehead atoms. The first kappa shape index (κ1) is 27.2. The van der Waals surface area contributed by atoms with E-state index in [0.717, 1.165) is 41.7 Å². The third-order valence-corrected chi connectivity index (χ3v) is 7.11. The summed E-state index contributed by atoms with van der Waals surface area (Å²) in [5, 5.41) is 3.16. The van der Waals surface area contributed by atoms with Crippen molar-refractivity contribution >= 4 is 11.8 Å². The largest absolute Gasteiger partial charge is 0.497 e. The van der Waals surface area contributed by atoms with Crippen molar-refractivity contribution in [3.05, 3.63) is 113 Å². The van der Waals surface area contributed by atoms with E-state index in [0.29, 0.717) is 19.5 Å². The van der Waals surface area contributed by atoms with E-state index in [1.807, 2.05) is 84.9 Å². The molecule has 5 heteroatoms. The van der Waals surface area contributed by atoms with Crippen LogP contribution in [0.3, 0.4) is 0 Å². The van der Waals surface area contributed by atoms with E-state index >= 15 is 0 Å². The number of ether oxygens (including phenoxy) is 1. The zero-order valence-corrected chi connectivity index (χ0v) is 22.3. The molecule has 1 N–H and O–H groups in total. The smallest absolute Gasteiger partial charge is 0.243 e. The third-order valence-electron chi connectivity index (χ3n) is 7.11. The fourth-order valence-electron chi connectivity index (χ4n) is 4.95. The summed E-state index contributed by atoms with van der Waals surface area (Å²) in [6, 6.07) is 26.7. The summed E-state index contributed by atoms with van der Waals surface area (Å²) in [4.78, 5) is 29.3. The Hall–Kier alpha value is -3.86. The summed E-state index contributed by atoms with van der Waals surface area (Å²) in [6.45, 7) is 0.922. The molecule has 1 aliphatic rings. The third kappa shape index (κ3) is 8.07. The number of hydrogen-bond acceptors (Lipinski definition) is 3. The Balaban J connectivity index is 1.58. The second-order valence-electron chi connectivity index (χ2n) is 9.89. The molecule has 0 aromatic heterocycles. The van der Waals surface area contributed by atoms with Crippen LogP contribution in [0, 0.1) is 0 Å². The van der Waals surface area contributed by atoms with Crippen molar-refractivity contribution in [1.82, 2.24) is 10.2 Å². The van der Waals surface area contributed by atoms with Crippen LogP contribution in [-0.2, 0) is 29.0 Å². The molecule has 0 saturated heterocycles. The number of allylic oxidation sites excluding steroid dienone is 1. The molecule has 5 nitrogen and oxygen atoms in total. The molecule has 0 radical (unpaired) electrons. The first-order chi connectivity index (χ1) is 18.6. The average Bonchev–Trinajstić information content (AvgIpc) is 2.96. The maximum Gasteiger partial charge on any atom is 0.243 e. The summed E-state index contributed by atoms with van der Waals surface area (Å²) < 4.78 is 5.31. The minimum Gasteiger partial charge on any atom is -0.497 e. The van der Waals surface area contributed by atoms with Crippen LogP contribution in [0.25, 0.3) is 0 Å². The molecule has 0 saturated carbocycles. The monoisotopic (exact) mass is 510 g/mol. The summed E-state index contributed by atoms with van der Waals surface area (Å²) >= 11 is 0. The number of benzene rings is 3. The van der Waals surface area contributed by atoms with Crippen LogP contribution >= 0.6 is 0 Å². The van der Waals surface area contributed by atoms with Crippen LogP contribution in [0.1, 0.15) is 48.8 Å². The molecular formula is C33H38N2O3. The highest BCUT2D eigenvalue weighted by atomic mass is 16.5. The van der Waals surface area contributed by atoms with E-state index in [2.05, 4.69) is 11.4 Å². The summed E-state index contributed by atoms with van der Waals surface area (Å²) in [7, 11) is 1.63. The zero-order chi connectivity index (χ0) is 26.6. The van der Waals surface area contributed by atoms with Gasteiger partial charge in [0, 0.05) is 19.5 Å². The second kappa shape index (κ2) is 14.2. The predicted octanol–water partition coefficient (Wildman–Crippen LogP) is 5.88. The standard InChI is InChI=1S/C33H38N2O3/c1-38-30-19-17-29(18-20-30)25-35(32(36)24-28-15-9-4-10-16-28)31(23-27-13-7-3-8-14-27)33(37)34-22-21-26-11-5-2-6-12-26/h3-4,7-11,13-20,31H,2,5-6,12,21-25H2,1H3,(H,34,37). The number of nitrogens with zero attached hydrogens (tertiary/aromatic N) is 1. The highest BCUT2D eigenvalue weighted by molar-refractivity contribution is 5.88. The van der Waals surface area contributed by atoms with Gasteiger partial charge in [0.15, 0.2) is 0 Å². The first-order valence-electron chi connectivity index (χ1n) is 13.6. The number of hydrogen-bond donors (Lipinski definition) is 1. The Kier molecular flexibility index (Phi) is 10.1. The van der Waals surface area contributed by atoms with Crippen LogP contribution in [0.5, 0.6) is 5.75 Å². The van der Waals surface area contributed by atoms with Gasteiger partial charge in [-0.25, -0.2) is 0 Å². The van der Waals surface area contributed by atoms with E-state index < -0.39 is 6.04 Å². The van der Waals surface area contributed by atoms with Crippen LogP contribution in [-0.4, -0.2) is 36.4 Å². The Labute approximate surface area is 226 Å². The van der Waals surface area contributed by atoms with Gasteiger partial charge >= 0.3 is 0 Å². The minimum absolute atomic E-state index is 0.0712. The summed E-state index contributed by atoms with van der Waals surface area (Å²) in [5.74, 6) is 0.574. The number of nitrogens with one attached hydrogen (secondary N) is 1. The van der Waals surface area contributed by atoms with Crippen molar-refractivity contribution in [1.29, 1.82) is 0 Å². The van der Waals surface area contributed by atoms with E-state index in [1.54, 1.807) is 12.0 Å². The quantitative estimate of drug-likeness (QED) is 0.309. The van der Waals surface area contributed by atoms with Gasteiger partial charge in [-0.15, -0.1) is 0 Å². The van der Waals surface area contributed by atoms with Gasteiger partial charge in [0.25, 0.3) is 0 Å².